The summed E-state index contributed by atoms with van der Waals surface area (Å²) in [7, 11) is -3.36. The number of nitrogens with one attached hydrogen (secondary N) is 1. The fourth-order valence-electron chi connectivity index (χ4n) is 4.84. The molecule has 9 nitrogen and oxygen atoms in total. The Hall–Kier alpha value is -3.83. The number of sulfone groups is 1. The molecule has 0 aliphatic carbocycles. The van der Waals surface area contributed by atoms with E-state index in [2.05, 4.69) is 19.2 Å². The second-order valence-corrected chi connectivity index (χ2v) is 12.9. The van der Waals surface area contributed by atoms with Crippen LogP contribution in [0.4, 0.5) is 14.9 Å². The van der Waals surface area contributed by atoms with Crippen LogP contribution in [-0.2, 0) is 9.84 Å². The lowest BCUT2D eigenvalue weighted by atomic mass is 9.84. The van der Waals surface area contributed by atoms with Gasteiger partial charge in [-0.15, -0.1) is 0 Å². The van der Waals surface area contributed by atoms with Crippen LogP contribution >= 0.6 is 0 Å². The van der Waals surface area contributed by atoms with Crippen molar-refractivity contribution < 1.29 is 36.9 Å². The van der Waals surface area contributed by atoms with Gasteiger partial charge in [0, 0.05) is 43.2 Å². The van der Waals surface area contributed by atoms with Gasteiger partial charge in [0.2, 0.25) is 0 Å². The smallest absolute Gasteiger partial charge is 0.321 e. The van der Waals surface area contributed by atoms with Crippen LogP contribution in [0.25, 0.3) is 0 Å². The summed E-state index contributed by atoms with van der Waals surface area (Å²) in [6, 6.07) is 17.3. The van der Waals surface area contributed by atoms with E-state index in [4.69, 9.17) is 14.2 Å². The number of likely N-dealkylation sites (tertiary alicyclic amines) is 1. The monoisotopic (exact) mass is 600 g/mol. The molecule has 0 unspecified atom stereocenters. The quantitative estimate of drug-likeness (QED) is 0.261. The highest BCUT2D eigenvalue weighted by Crippen LogP contribution is 2.34. The first-order valence-corrected chi connectivity index (χ1v) is 15.7. The summed E-state index contributed by atoms with van der Waals surface area (Å²) in [5.74, 6) is 2.46. The van der Waals surface area contributed by atoms with Crippen molar-refractivity contribution in [2.24, 2.45) is 5.92 Å². The minimum Gasteiger partial charge on any atom is -0.491 e. The number of halogens is 1. The second-order valence-electron chi connectivity index (χ2n) is 10.9. The van der Waals surface area contributed by atoms with Gasteiger partial charge in [-0.05, 0) is 73.7 Å². The predicted octanol–water partition coefficient (Wildman–Crippen LogP) is 6.43. The maximum Gasteiger partial charge on any atom is 0.321 e. The highest BCUT2D eigenvalue weighted by Gasteiger charge is 2.34. The minimum atomic E-state index is -3.36. The van der Waals surface area contributed by atoms with Gasteiger partial charge < -0.3 is 29.5 Å². The number of amides is 2. The van der Waals surface area contributed by atoms with Gasteiger partial charge in [0.1, 0.15) is 42.0 Å². The predicted molar refractivity (Wildman–Crippen MR) is 158 cm³/mol. The number of ether oxygens (including phenoxy) is 3. The molecule has 0 radical (unpaired) electrons. The van der Waals surface area contributed by atoms with Gasteiger partial charge in [-0.3, -0.25) is 0 Å². The molecule has 0 atom stereocenters. The molecule has 2 amide bonds. The van der Waals surface area contributed by atoms with Crippen LogP contribution in [0.15, 0.2) is 71.6 Å². The van der Waals surface area contributed by atoms with Crippen molar-refractivity contribution in [3.8, 4) is 28.7 Å². The van der Waals surface area contributed by atoms with E-state index >= 15 is 0 Å². The number of hydrogen-bond acceptors (Lipinski definition) is 7. The zero-order valence-electron chi connectivity index (χ0n) is 24.0. The van der Waals surface area contributed by atoms with Gasteiger partial charge in [0.25, 0.3) is 0 Å². The molecule has 0 saturated carbocycles. The van der Waals surface area contributed by atoms with E-state index in [1.807, 2.05) is 0 Å². The molecule has 2 N–H and O–H groups in total. The number of piperidine rings is 1. The van der Waals surface area contributed by atoms with Crippen molar-refractivity contribution in [2.45, 2.75) is 43.6 Å². The zero-order chi connectivity index (χ0) is 30.3. The summed E-state index contributed by atoms with van der Waals surface area (Å²) in [6.45, 7) is 4.37. The first-order chi connectivity index (χ1) is 19.9. The fraction of sp³-hybridized carbons (Fsp3) is 0.387. The topological polar surface area (TPSA) is 114 Å². The average Bonchev–Trinajstić information content (AvgIpc) is 2.92. The van der Waals surface area contributed by atoms with Crippen molar-refractivity contribution in [3.63, 3.8) is 0 Å². The molecule has 11 heteroatoms. The Labute approximate surface area is 246 Å². The van der Waals surface area contributed by atoms with Crippen molar-refractivity contribution in [3.05, 3.63) is 66.7 Å². The molecular weight excluding hydrogens is 563 g/mol. The minimum absolute atomic E-state index is 0.0398. The normalized spacial score (nSPS) is 14.9. The number of benzene rings is 3. The Kier molecular flexibility index (Phi) is 9.95. The Morgan fingerprint density at radius 2 is 1.45 bits per heavy atom. The SMILES string of the molecule is CC(C)CC1(O)CCN(C(=O)Nc2cc(Oc3ccc(OCCF)cc3)cc(Oc3ccc(S(C)(=O)=O)cc3)c2)CC1. The van der Waals surface area contributed by atoms with E-state index in [1.54, 1.807) is 59.5 Å². The van der Waals surface area contributed by atoms with E-state index in [9.17, 15) is 22.7 Å². The van der Waals surface area contributed by atoms with Gasteiger partial charge in [-0.1, -0.05) is 13.8 Å². The molecule has 1 heterocycles. The number of alkyl halides is 1. The first kappa shape index (κ1) is 31.1. The van der Waals surface area contributed by atoms with Gasteiger partial charge in [0.15, 0.2) is 9.84 Å². The zero-order valence-corrected chi connectivity index (χ0v) is 24.8. The van der Waals surface area contributed by atoms with Gasteiger partial charge in [-0.25, -0.2) is 17.6 Å². The second kappa shape index (κ2) is 13.4. The number of nitrogens with zero attached hydrogens (tertiary/aromatic N) is 1. The third-order valence-corrected chi connectivity index (χ3v) is 7.92. The van der Waals surface area contributed by atoms with Crippen LogP contribution in [0.2, 0.25) is 0 Å². The van der Waals surface area contributed by atoms with Crippen molar-refractivity contribution in [2.75, 3.05) is 37.9 Å². The lowest BCUT2D eigenvalue weighted by Crippen LogP contribution is -2.48. The summed E-state index contributed by atoms with van der Waals surface area (Å²) in [6.07, 6.45) is 2.83. The lowest BCUT2D eigenvalue weighted by Gasteiger charge is -2.39. The maximum absolute atomic E-state index is 13.1. The molecule has 0 bridgehead atoms. The molecular formula is C31H37FN2O7S. The van der Waals surface area contributed by atoms with Crippen LogP contribution in [0.3, 0.4) is 0 Å². The summed E-state index contributed by atoms with van der Waals surface area (Å²) in [4.78, 5) is 15.0. The summed E-state index contributed by atoms with van der Waals surface area (Å²) in [5, 5.41) is 13.8. The van der Waals surface area contributed by atoms with Crippen LogP contribution in [0.1, 0.15) is 33.1 Å². The number of anilines is 1. The molecule has 1 fully saturated rings. The molecule has 3 aromatic rings. The molecule has 42 heavy (non-hydrogen) atoms. The first-order valence-electron chi connectivity index (χ1n) is 13.8. The Morgan fingerprint density at radius 1 is 0.929 bits per heavy atom. The van der Waals surface area contributed by atoms with E-state index in [0.29, 0.717) is 72.7 Å². The van der Waals surface area contributed by atoms with Crippen LogP contribution in [0.5, 0.6) is 28.7 Å². The van der Waals surface area contributed by atoms with E-state index in [-0.39, 0.29) is 17.5 Å². The van der Waals surface area contributed by atoms with E-state index in [0.717, 1.165) is 6.26 Å². The molecule has 4 rings (SSSR count). The number of rotatable bonds is 11. The Bertz CT molecular complexity index is 1450. The van der Waals surface area contributed by atoms with Gasteiger partial charge >= 0.3 is 6.03 Å². The van der Waals surface area contributed by atoms with Crippen LogP contribution in [0, 0.1) is 5.92 Å². The number of carbonyl (C=O) groups is 1. The third kappa shape index (κ3) is 8.83. The number of urea groups is 1. The Balaban J connectivity index is 1.52. The van der Waals surface area contributed by atoms with Gasteiger partial charge in [0.05, 0.1) is 10.5 Å². The summed E-state index contributed by atoms with van der Waals surface area (Å²) >= 11 is 0. The lowest BCUT2D eigenvalue weighted by molar-refractivity contribution is -0.0268. The molecule has 3 aromatic carbocycles. The number of carbonyl (C=O) groups excluding carboxylic acids is 1. The maximum atomic E-state index is 13.1. The molecule has 1 aliphatic heterocycles. The van der Waals surface area contributed by atoms with Gasteiger partial charge in [-0.2, -0.15) is 0 Å². The fourth-order valence-corrected chi connectivity index (χ4v) is 5.47. The highest BCUT2D eigenvalue weighted by atomic mass is 32.2. The number of aliphatic hydroxyl groups is 1. The summed E-state index contributed by atoms with van der Waals surface area (Å²) in [5.41, 5.74) is -0.343. The molecule has 1 saturated heterocycles. The van der Waals surface area contributed by atoms with Crippen molar-refractivity contribution in [1.82, 2.24) is 4.90 Å². The largest absolute Gasteiger partial charge is 0.491 e. The molecule has 0 spiro atoms. The van der Waals surface area contributed by atoms with Crippen LogP contribution in [-0.4, -0.2) is 62.7 Å². The van der Waals surface area contributed by atoms with Crippen molar-refractivity contribution in [1.29, 1.82) is 0 Å². The Morgan fingerprint density at radius 3 is 1.95 bits per heavy atom. The molecule has 226 valence electrons. The van der Waals surface area contributed by atoms with Crippen LogP contribution < -0.4 is 19.5 Å². The third-order valence-electron chi connectivity index (χ3n) is 6.79. The number of hydrogen-bond donors (Lipinski definition) is 2. The standard InChI is InChI=1S/C31H37FN2O7S/c1-22(2)21-31(36)12-15-34(16-13-31)30(35)33-23-18-27(40-25-6-4-24(5-7-25)39-17-14-32)20-28(19-23)41-26-8-10-29(11-9-26)42(3,37)38/h4-11,18-20,22,36H,12-17,21H2,1-3H3,(H,33,35). The molecule has 1 aliphatic rings. The van der Waals surface area contributed by atoms with E-state index < -0.39 is 22.1 Å². The highest BCUT2D eigenvalue weighted by molar-refractivity contribution is 7.90. The molecule has 0 aromatic heterocycles. The van der Waals surface area contributed by atoms with Crippen molar-refractivity contribution >= 4 is 21.6 Å². The average molecular weight is 601 g/mol. The van der Waals surface area contributed by atoms with E-state index in [1.165, 1.54) is 12.1 Å². The summed E-state index contributed by atoms with van der Waals surface area (Å²) < 4.78 is 53.3.